The van der Waals surface area contributed by atoms with Crippen molar-refractivity contribution < 1.29 is 5.11 Å². The van der Waals surface area contributed by atoms with Crippen LogP contribution in [0.2, 0.25) is 0 Å². The minimum absolute atomic E-state index is 0.133. The second-order valence-corrected chi connectivity index (χ2v) is 9.90. The third kappa shape index (κ3) is 1.89. The molecule has 0 bridgehead atoms. The Morgan fingerprint density at radius 2 is 1.68 bits per heavy atom. The smallest absolute Gasteiger partial charge is 0.0791 e. The summed E-state index contributed by atoms with van der Waals surface area (Å²) >= 11 is 4.53. The van der Waals surface area contributed by atoms with Gasteiger partial charge in [0.1, 0.15) is 0 Å². The standard InChI is InChI=1S/C20H34OS/c1-18-10-4-3-5-14(18)6-7-15-16(18)8-11-19(2)17(15)9-12-20(19,21)13-22/h14-17,21-22H,3-13H2,1-2H3/t14?,15-,16-,17+,18+,19+,20?/m1/s1. The molecule has 1 N–H and O–H groups in total. The number of fused-ring (bicyclic) bond motifs is 5. The van der Waals surface area contributed by atoms with E-state index in [9.17, 15) is 5.11 Å². The van der Waals surface area contributed by atoms with Gasteiger partial charge in [0.05, 0.1) is 5.60 Å². The molecule has 1 nitrogen and oxygen atoms in total. The number of aliphatic hydroxyl groups is 1. The molecule has 7 atom stereocenters. The molecule has 0 radical (unpaired) electrons. The SMILES string of the molecule is C[C@]12CCCCC1CC[C@@H]1[C@H]2CC[C@@]2(C)[C@H]1CCC2(O)CS. The predicted octanol–water partition coefficient (Wildman–Crippen LogP) is 5.08. The Morgan fingerprint density at radius 1 is 0.909 bits per heavy atom. The zero-order valence-electron chi connectivity index (χ0n) is 14.5. The first-order valence-corrected chi connectivity index (χ1v) is 10.4. The molecule has 4 aliphatic rings. The van der Waals surface area contributed by atoms with Gasteiger partial charge in [0.2, 0.25) is 0 Å². The fraction of sp³-hybridized carbons (Fsp3) is 1.00. The van der Waals surface area contributed by atoms with Gasteiger partial charge in [-0.15, -0.1) is 0 Å². The molecule has 22 heavy (non-hydrogen) atoms. The molecule has 4 rings (SSSR count). The largest absolute Gasteiger partial charge is 0.388 e. The van der Waals surface area contributed by atoms with Crippen LogP contribution in [0, 0.1) is 34.5 Å². The van der Waals surface area contributed by atoms with E-state index in [1.54, 1.807) is 0 Å². The number of hydrogen-bond donors (Lipinski definition) is 2. The first-order valence-electron chi connectivity index (χ1n) is 9.78. The minimum Gasteiger partial charge on any atom is -0.388 e. The fourth-order valence-electron chi connectivity index (χ4n) is 7.67. The monoisotopic (exact) mass is 322 g/mol. The third-order valence-corrected chi connectivity index (χ3v) is 9.69. The molecule has 4 saturated carbocycles. The first kappa shape index (κ1) is 15.8. The van der Waals surface area contributed by atoms with Gasteiger partial charge >= 0.3 is 0 Å². The van der Waals surface area contributed by atoms with Crippen molar-refractivity contribution in [2.24, 2.45) is 34.5 Å². The van der Waals surface area contributed by atoms with E-state index in [4.69, 9.17) is 0 Å². The van der Waals surface area contributed by atoms with Gasteiger partial charge in [-0.3, -0.25) is 0 Å². The van der Waals surface area contributed by atoms with E-state index in [0.29, 0.717) is 11.2 Å². The highest BCUT2D eigenvalue weighted by molar-refractivity contribution is 7.80. The summed E-state index contributed by atoms with van der Waals surface area (Å²) in [5.41, 5.74) is 0.244. The second kappa shape index (κ2) is 5.15. The Bertz CT molecular complexity index is 449. The highest BCUT2D eigenvalue weighted by atomic mass is 32.1. The van der Waals surface area contributed by atoms with E-state index in [0.717, 1.165) is 30.1 Å². The zero-order valence-corrected chi connectivity index (χ0v) is 15.4. The molecular formula is C20H34OS. The topological polar surface area (TPSA) is 20.2 Å². The minimum atomic E-state index is -0.504. The molecule has 0 spiro atoms. The molecule has 126 valence electrons. The lowest BCUT2D eigenvalue weighted by molar-refractivity contribution is -0.143. The Labute approximate surface area is 142 Å². The Kier molecular flexibility index (Phi) is 3.70. The van der Waals surface area contributed by atoms with Crippen molar-refractivity contribution >= 4 is 12.6 Å². The molecular weight excluding hydrogens is 288 g/mol. The molecule has 0 amide bonds. The van der Waals surface area contributed by atoms with E-state index >= 15 is 0 Å². The second-order valence-electron chi connectivity index (χ2n) is 9.59. The molecule has 2 heteroatoms. The maximum Gasteiger partial charge on any atom is 0.0791 e. The fourth-order valence-corrected chi connectivity index (χ4v) is 8.18. The molecule has 0 aromatic rings. The molecule has 2 unspecified atom stereocenters. The van der Waals surface area contributed by atoms with Crippen molar-refractivity contribution in [3.63, 3.8) is 0 Å². The van der Waals surface area contributed by atoms with E-state index in [-0.39, 0.29) is 5.41 Å². The first-order chi connectivity index (χ1) is 10.4. The van der Waals surface area contributed by atoms with Crippen LogP contribution in [0.15, 0.2) is 0 Å². The lowest BCUT2D eigenvalue weighted by Crippen LogP contribution is -2.56. The van der Waals surface area contributed by atoms with E-state index in [1.165, 1.54) is 57.8 Å². The van der Waals surface area contributed by atoms with Gasteiger partial charge < -0.3 is 5.11 Å². The lowest BCUT2D eigenvalue weighted by Gasteiger charge is -2.61. The Morgan fingerprint density at radius 3 is 2.45 bits per heavy atom. The molecule has 0 aromatic carbocycles. The van der Waals surface area contributed by atoms with Crippen LogP contribution < -0.4 is 0 Å². The van der Waals surface area contributed by atoms with Crippen LogP contribution in [0.4, 0.5) is 0 Å². The summed E-state index contributed by atoms with van der Waals surface area (Å²) in [5, 5.41) is 11.2. The Hall–Kier alpha value is 0.310. The van der Waals surface area contributed by atoms with E-state index in [1.807, 2.05) is 0 Å². The van der Waals surface area contributed by atoms with E-state index in [2.05, 4.69) is 26.5 Å². The number of hydrogen-bond acceptors (Lipinski definition) is 2. The summed E-state index contributed by atoms with van der Waals surface area (Å²) < 4.78 is 0. The van der Waals surface area contributed by atoms with Crippen molar-refractivity contribution in [3.8, 4) is 0 Å². The molecule has 0 aliphatic heterocycles. The number of thiol groups is 1. The maximum atomic E-state index is 11.2. The van der Waals surface area contributed by atoms with Crippen LogP contribution in [0.5, 0.6) is 0 Å². The average molecular weight is 323 g/mol. The maximum absolute atomic E-state index is 11.2. The summed E-state index contributed by atoms with van der Waals surface area (Å²) in [7, 11) is 0. The van der Waals surface area contributed by atoms with Gasteiger partial charge in [-0.25, -0.2) is 0 Å². The van der Waals surface area contributed by atoms with E-state index < -0.39 is 5.60 Å². The van der Waals surface area contributed by atoms with Gasteiger partial charge in [0.15, 0.2) is 0 Å². The summed E-state index contributed by atoms with van der Waals surface area (Å²) in [4.78, 5) is 0. The van der Waals surface area contributed by atoms with Crippen molar-refractivity contribution in [3.05, 3.63) is 0 Å². The molecule has 4 fully saturated rings. The number of rotatable bonds is 1. The van der Waals surface area contributed by atoms with Crippen molar-refractivity contribution in [1.82, 2.24) is 0 Å². The van der Waals surface area contributed by atoms with Crippen molar-refractivity contribution in [2.75, 3.05) is 5.75 Å². The van der Waals surface area contributed by atoms with Crippen LogP contribution in [-0.2, 0) is 0 Å². The molecule has 4 aliphatic carbocycles. The molecule has 0 saturated heterocycles. The van der Waals surface area contributed by atoms with Crippen LogP contribution in [0.3, 0.4) is 0 Å². The quantitative estimate of drug-likeness (QED) is 0.645. The zero-order chi connectivity index (χ0) is 15.6. The van der Waals surface area contributed by atoms with Crippen molar-refractivity contribution in [1.29, 1.82) is 0 Å². The normalized spacial score (nSPS) is 57.8. The highest BCUT2D eigenvalue weighted by Crippen LogP contribution is 2.68. The molecule has 0 heterocycles. The lowest BCUT2D eigenvalue weighted by atomic mass is 9.44. The van der Waals surface area contributed by atoms with Gasteiger partial charge in [-0.1, -0.05) is 26.7 Å². The van der Waals surface area contributed by atoms with Crippen LogP contribution in [0.25, 0.3) is 0 Å². The van der Waals surface area contributed by atoms with Crippen LogP contribution >= 0.6 is 12.6 Å². The summed E-state index contributed by atoms with van der Waals surface area (Å²) in [6.07, 6.45) is 13.6. The Balaban J connectivity index is 1.65. The van der Waals surface area contributed by atoms with Gasteiger partial charge in [-0.05, 0) is 80.5 Å². The van der Waals surface area contributed by atoms with Gasteiger partial charge in [0, 0.05) is 11.2 Å². The van der Waals surface area contributed by atoms with Crippen molar-refractivity contribution in [2.45, 2.75) is 83.7 Å². The summed E-state index contributed by atoms with van der Waals surface area (Å²) in [6.45, 7) is 5.03. The van der Waals surface area contributed by atoms with Crippen LogP contribution in [0.1, 0.15) is 78.1 Å². The van der Waals surface area contributed by atoms with Gasteiger partial charge in [-0.2, -0.15) is 12.6 Å². The van der Waals surface area contributed by atoms with Crippen LogP contribution in [-0.4, -0.2) is 16.5 Å². The summed E-state index contributed by atoms with van der Waals surface area (Å²) in [5.74, 6) is 4.22. The summed E-state index contributed by atoms with van der Waals surface area (Å²) in [6, 6.07) is 0. The predicted molar refractivity (Wildman–Crippen MR) is 95.1 cm³/mol. The third-order valence-electron chi connectivity index (χ3n) is 9.17. The molecule has 0 aromatic heterocycles. The highest BCUT2D eigenvalue weighted by Gasteiger charge is 2.63. The average Bonchev–Trinajstić information content (AvgIpc) is 2.79. The van der Waals surface area contributed by atoms with Gasteiger partial charge in [0.25, 0.3) is 0 Å².